The molecular weight excluding hydrogens is 435 g/mol. The molecule has 0 spiro atoms. The number of pyridine rings is 1. The number of fused-ring (bicyclic) bond motifs is 1. The number of hydrogen-bond acceptors (Lipinski definition) is 5. The maximum absolute atomic E-state index is 13.5. The number of halogens is 3. The summed E-state index contributed by atoms with van der Waals surface area (Å²) in [6.07, 6.45) is 0.397. The van der Waals surface area contributed by atoms with Gasteiger partial charge >= 0.3 is 6.18 Å². The van der Waals surface area contributed by atoms with Gasteiger partial charge < -0.3 is 4.90 Å². The molecule has 0 saturated heterocycles. The van der Waals surface area contributed by atoms with Crippen LogP contribution in [0.2, 0.25) is 0 Å². The number of aromatic amines is 1. The number of benzene rings is 1. The van der Waals surface area contributed by atoms with E-state index >= 15 is 0 Å². The quantitative estimate of drug-likeness (QED) is 0.384. The van der Waals surface area contributed by atoms with Gasteiger partial charge in [0.2, 0.25) is 0 Å². The minimum atomic E-state index is -4.57. The van der Waals surface area contributed by atoms with E-state index in [2.05, 4.69) is 15.2 Å². The number of hydrogen-bond donors (Lipinski definition) is 3. The summed E-state index contributed by atoms with van der Waals surface area (Å²) in [5.74, 6) is -0.0900. The van der Waals surface area contributed by atoms with Crippen molar-refractivity contribution in [2.45, 2.75) is 25.6 Å². The standard InChI is InChI=1S/C22H20F3N7O/c1-31(12-26)19(27)6-5-13-7-18(14-9-28-29-10-14)30-20(8-13)32-11-16-15(21(32)33)3-2-4-17(16)22(23,24)25/h2-4,7-10,12,26-27H,5-6,11H2,1H3,(H,28,29). The van der Waals surface area contributed by atoms with Crippen LogP contribution in [-0.4, -0.2) is 45.2 Å². The summed E-state index contributed by atoms with van der Waals surface area (Å²) in [6.45, 7) is -0.239. The van der Waals surface area contributed by atoms with Crippen LogP contribution in [0.3, 0.4) is 0 Å². The molecule has 0 fully saturated rings. The summed E-state index contributed by atoms with van der Waals surface area (Å²) < 4.78 is 40.5. The first-order valence-corrected chi connectivity index (χ1v) is 10.0. The van der Waals surface area contributed by atoms with Crippen molar-refractivity contribution in [2.75, 3.05) is 11.9 Å². The molecule has 1 aliphatic rings. The van der Waals surface area contributed by atoms with Gasteiger partial charge in [-0.05, 0) is 41.8 Å². The van der Waals surface area contributed by atoms with E-state index in [0.717, 1.165) is 18.0 Å². The second-order valence-corrected chi connectivity index (χ2v) is 7.61. The number of amidine groups is 1. The Morgan fingerprint density at radius 3 is 2.79 bits per heavy atom. The summed E-state index contributed by atoms with van der Waals surface area (Å²) in [5.41, 5.74) is 1.02. The van der Waals surface area contributed by atoms with Crippen molar-refractivity contribution in [3.63, 3.8) is 0 Å². The highest BCUT2D eigenvalue weighted by atomic mass is 19.4. The van der Waals surface area contributed by atoms with Crippen molar-refractivity contribution in [3.05, 3.63) is 65.0 Å². The predicted molar refractivity (Wildman–Crippen MR) is 116 cm³/mol. The summed E-state index contributed by atoms with van der Waals surface area (Å²) in [7, 11) is 1.60. The zero-order valence-electron chi connectivity index (χ0n) is 17.6. The SMILES string of the molecule is CN(C=N)C(=N)CCc1cc(-c2cn[nH]c2)nc(N2Cc3c(cccc3C(F)(F)F)C2=O)c1. The molecule has 33 heavy (non-hydrogen) atoms. The van der Waals surface area contributed by atoms with Gasteiger partial charge in [-0.1, -0.05) is 6.07 Å². The van der Waals surface area contributed by atoms with E-state index < -0.39 is 17.6 Å². The number of amides is 1. The molecule has 2 aromatic heterocycles. The molecule has 4 rings (SSSR count). The fourth-order valence-corrected chi connectivity index (χ4v) is 3.69. The van der Waals surface area contributed by atoms with E-state index in [1.54, 1.807) is 31.6 Å². The Kier molecular flexibility index (Phi) is 5.71. The van der Waals surface area contributed by atoms with Crippen LogP contribution < -0.4 is 4.90 Å². The molecule has 170 valence electrons. The smallest absolute Gasteiger partial charge is 0.325 e. The zero-order chi connectivity index (χ0) is 23.8. The number of nitrogens with zero attached hydrogens (tertiary/aromatic N) is 4. The average Bonchev–Trinajstić information content (AvgIpc) is 3.44. The van der Waals surface area contributed by atoms with E-state index in [0.29, 0.717) is 24.1 Å². The van der Waals surface area contributed by atoms with E-state index in [4.69, 9.17) is 10.8 Å². The number of nitrogens with one attached hydrogen (secondary N) is 3. The monoisotopic (exact) mass is 455 g/mol. The molecule has 1 amide bonds. The first-order chi connectivity index (χ1) is 15.7. The molecule has 3 heterocycles. The number of carbonyl (C=O) groups excluding carboxylic acids is 1. The summed E-state index contributed by atoms with van der Waals surface area (Å²) in [6, 6.07) is 7.04. The van der Waals surface area contributed by atoms with Gasteiger partial charge in [0.1, 0.15) is 11.7 Å². The van der Waals surface area contributed by atoms with Crippen LogP contribution in [0.25, 0.3) is 11.3 Å². The van der Waals surface area contributed by atoms with Crippen LogP contribution >= 0.6 is 0 Å². The molecule has 1 aromatic carbocycles. The number of rotatable bonds is 6. The van der Waals surface area contributed by atoms with Crippen LogP contribution in [-0.2, 0) is 19.1 Å². The Balaban J connectivity index is 1.71. The lowest BCUT2D eigenvalue weighted by atomic mass is 10.0. The Bertz CT molecular complexity index is 1220. The van der Waals surface area contributed by atoms with Crippen molar-refractivity contribution in [1.29, 1.82) is 10.8 Å². The van der Waals surface area contributed by atoms with Gasteiger partial charge in [-0.25, -0.2) is 4.98 Å². The maximum atomic E-state index is 13.5. The van der Waals surface area contributed by atoms with Crippen LogP contribution in [0.4, 0.5) is 19.0 Å². The number of anilines is 1. The van der Waals surface area contributed by atoms with Crippen LogP contribution in [0, 0.1) is 10.8 Å². The highest BCUT2D eigenvalue weighted by molar-refractivity contribution is 6.10. The second kappa shape index (κ2) is 8.49. The molecule has 3 aromatic rings. The molecule has 1 aliphatic heterocycles. The zero-order valence-corrected chi connectivity index (χ0v) is 17.6. The molecule has 0 saturated carbocycles. The molecule has 0 atom stereocenters. The van der Waals surface area contributed by atoms with Crippen molar-refractivity contribution in [2.24, 2.45) is 0 Å². The molecular formula is C22H20F3N7O. The molecule has 0 radical (unpaired) electrons. The normalized spacial score (nSPS) is 13.2. The van der Waals surface area contributed by atoms with Gasteiger partial charge in [0, 0.05) is 30.8 Å². The molecule has 11 heteroatoms. The third-order valence-electron chi connectivity index (χ3n) is 5.49. The van der Waals surface area contributed by atoms with Crippen LogP contribution in [0.5, 0.6) is 0 Å². The Morgan fingerprint density at radius 1 is 1.33 bits per heavy atom. The Morgan fingerprint density at radius 2 is 2.12 bits per heavy atom. The predicted octanol–water partition coefficient (Wildman–Crippen LogP) is 4.10. The summed E-state index contributed by atoms with van der Waals surface area (Å²) >= 11 is 0. The molecule has 0 bridgehead atoms. The van der Waals surface area contributed by atoms with Gasteiger partial charge in [0.25, 0.3) is 5.91 Å². The van der Waals surface area contributed by atoms with Crippen molar-refractivity contribution in [1.82, 2.24) is 20.1 Å². The fraction of sp³-hybridized carbons (Fsp3) is 0.227. The highest BCUT2D eigenvalue weighted by Crippen LogP contribution is 2.38. The average molecular weight is 455 g/mol. The number of alkyl halides is 3. The van der Waals surface area contributed by atoms with Gasteiger partial charge in [-0.3, -0.25) is 25.6 Å². The van der Waals surface area contributed by atoms with Gasteiger partial charge in [0.05, 0.1) is 30.3 Å². The van der Waals surface area contributed by atoms with E-state index in [1.165, 1.54) is 21.9 Å². The first-order valence-electron chi connectivity index (χ1n) is 10.0. The highest BCUT2D eigenvalue weighted by Gasteiger charge is 2.40. The van der Waals surface area contributed by atoms with E-state index in [-0.39, 0.29) is 29.3 Å². The number of aryl methyl sites for hydroxylation is 1. The van der Waals surface area contributed by atoms with Crippen LogP contribution in [0.15, 0.2) is 42.7 Å². The van der Waals surface area contributed by atoms with E-state index in [1.807, 2.05) is 0 Å². The molecule has 0 aliphatic carbocycles. The molecule has 3 N–H and O–H groups in total. The van der Waals surface area contributed by atoms with Gasteiger partial charge in [0.15, 0.2) is 0 Å². The minimum absolute atomic E-state index is 0.0104. The third kappa shape index (κ3) is 4.34. The van der Waals surface area contributed by atoms with E-state index in [9.17, 15) is 18.0 Å². The lowest BCUT2D eigenvalue weighted by Crippen LogP contribution is -2.25. The number of aromatic nitrogens is 3. The minimum Gasteiger partial charge on any atom is -0.325 e. The van der Waals surface area contributed by atoms with Crippen molar-refractivity contribution < 1.29 is 18.0 Å². The topological polar surface area (TPSA) is 113 Å². The van der Waals surface area contributed by atoms with Crippen molar-refractivity contribution in [3.8, 4) is 11.3 Å². The summed E-state index contributed by atoms with van der Waals surface area (Å²) in [5, 5.41) is 21.9. The number of H-pyrrole nitrogens is 1. The van der Waals surface area contributed by atoms with Crippen LogP contribution in [0.1, 0.15) is 33.5 Å². The van der Waals surface area contributed by atoms with Crippen molar-refractivity contribution >= 4 is 23.9 Å². The fourth-order valence-electron chi connectivity index (χ4n) is 3.69. The Hall–Kier alpha value is -4.02. The second-order valence-electron chi connectivity index (χ2n) is 7.61. The van der Waals surface area contributed by atoms with Gasteiger partial charge in [-0.15, -0.1) is 0 Å². The summed E-state index contributed by atoms with van der Waals surface area (Å²) in [4.78, 5) is 20.2. The number of carbonyl (C=O) groups is 1. The van der Waals surface area contributed by atoms with Gasteiger partial charge in [-0.2, -0.15) is 18.3 Å². The third-order valence-corrected chi connectivity index (χ3v) is 5.49. The largest absolute Gasteiger partial charge is 0.416 e. The lowest BCUT2D eigenvalue weighted by molar-refractivity contribution is -0.138. The Labute approximate surface area is 187 Å². The lowest BCUT2D eigenvalue weighted by Gasteiger charge is -2.18. The molecule has 0 unspecified atom stereocenters. The maximum Gasteiger partial charge on any atom is 0.416 e. The molecule has 8 nitrogen and oxygen atoms in total. The first kappa shape index (κ1) is 22.2.